The Labute approximate surface area is 152 Å². The first kappa shape index (κ1) is 19.4. The van der Waals surface area contributed by atoms with E-state index in [-0.39, 0.29) is 18.8 Å². The summed E-state index contributed by atoms with van der Waals surface area (Å²) in [6, 6.07) is 15.9. The zero-order chi connectivity index (χ0) is 19.0. The Morgan fingerprint density at radius 2 is 1.81 bits per heavy atom. The highest BCUT2D eigenvalue weighted by atomic mass is 16.6. The average Bonchev–Trinajstić information content (AvgIpc) is 2.65. The van der Waals surface area contributed by atoms with Crippen LogP contribution in [0.4, 0.5) is 5.69 Å². The molecule has 0 saturated carbocycles. The smallest absolute Gasteiger partial charge is 0.274 e. The van der Waals surface area contributed by atoms with E-state index < -0.39 is 10.5 Å². The van der Waals surface area contributed by atoms with Crippen LogP contribution in [0.5, 0.6) is 0 Å². The zero-order valence-corrected chi connectivity index (χ0v) is 15.0. The summed E-state index contributed by atoms with van der Waals surface area (Å²) in [6.07, 6.45) is 0. The van der Waals surface area contributed by atoms with E-state index in [1.807, 2.05) is 37.3 Å². The van der Waals surface area contributed by atoms with Crippen LogP contribution in [0.25, 0.3) is 0 Å². The number of aliphatic hydroxyl groups is 1. The molecule has 0 bridgehead atoms. The minimum absolute atomic E-state index is 0.0448. The van der Waals surface area contributed by atoms with Gasteiger partial charge in [0.1, 0.15) is 5.60 Å². The Hall–Kier alpha value is -2.93. The van der Waals surface area contributed by atoms with Crippen LogP contribution in [0.1, 0.15) is 25.0 Å². The molecule has 0 radical (unpaired) electrons. The van der Waals surface area contributed by atoms with Crippen LogP contribution in [0.15, 0.2) is 59.6 Å². The molecule has 0 spiro atoms. The van der Waals surface area contributed by atoms with E-state index >= 15 is 0 Å². The predicted molar refractivity (Wildman–Crippen MR) is 102 cm³/mol. The molecule has 0 heterocycles. The van der Waals surface area contributed by atoms with Crippen LogP contribution in [-0.4, -0.2) is 29.1 Å². The molecule has 26 heavy (non-hydrogen) atoms. The van der Waals surface area contributed by atoms with Crippen molar-refractivity contribution in [3.8, 4) is 0 Å². The summed E-state index contributed by atoms with van der Waals surface area (Å²) in [5, 5.41) is 28.0. The fraction of sp³-hybridized carbons (Fsp3) is 0.316. The number of rotatable bonds is 7. The third-order valence-corrected chi connectivity index (χ3v) is 3.94. The Balaban J connectivity index is 2.09. The van der Waals surface area contributed by atoms with Gasteiger partial charge in [-0.3, -0.25) is 10.1 Å². The van der Waals surface area contributed by atoms with Gasteiger partial charge in [0.25, 0.3) is 5.69 Å². The lowest BCUT2D eigenvalue weighted by atomic mass is 9.96. The quantitative estimate of drug-likeness (QED) is 0.306. The number of para-hydroxylation sites is 1. The Morgan fingerprint density at radius 3 is 2.46 bits per heavy atom. The van der Waals surface area contributed by atoms with Gasteiger partial charge < -0.3 is 15.7 Å². The van der Waals surface area contributed by atoms with Gasteiger partial charge in [-0.1, -0.05) is 48.5 Å². The van der Waals surface area contributed by atoms with Gasteiger partial charge >= 0.3 is 0 Å². The van der Waals surface area contributed by atoms with Crippen molar-refractivity contribution in [3.05, 3.63) is 75.8 Å². The molecule has 2 aromatic carbocycles. The van der Waals surface area contributed by atoms with Crippen LogP contribution in [-0.2, 0) is 12.1 Å². The van der Waals surface area contributed by atoms with Crippen LogP contribution < -0.4 is 10.6 Å². The van der Waals surface area contributed by atoms with E-state index in [0.29, 0.717) is 18.1 Å². The number of guanidine groups is 1. The topological polar surface area (TPSA) is 99.8 Å². The molecule has 0 amide bonds. The number of nitrogens with one attached hydrogen (secondary N) is 2. The van der Waals surface area contributed by atoms with E-state index in [4.69, 9.17) is 0 Å². The fourth-order valence-corrected chi connectivity index (χ4v) is 2.48. The highest BCUT2D eigenvalue weighted by Crippen LogP contribution is 2.20. The summed E-state index contributed by atoms with van der Waals surface area (Å²) in [5.41, 5.74) is 0.297. The molecule has 0 aliphatic carbocycles. The van der Waals surface area contributed by atoms with Gasteiger partial charge in [-0.15, -0.1) is 0 Å². The average molecular weight is 356 g/mol. The molecule has 0 aliphatic rings. The number of nitro groups is 1. The van der Waals surface area contributed by atoms with Crippen LogP contribution >= 0.6 is 0 Å². The largest absolute Gasteiger partial charge is 0.384 e. The maximum absolute atomic E-state index is 11.1. The molecule has 0 fully saturated rings. The lowest BCUT2D eigenvalue weighted by Crippen LogP contribution is -2.44. The second-order valence-corrected chi connectivity index (χ2v) is 6.07. The van der Waals surface area contributed by atoms with Crippen molar-refractivity contribution in [2.24, 2.45) is 4.99 Å². The van der Waals surface area contributed by atoms with Crippen molar-refractivity contribution in [2.45, 2.75) is 26.0 Å². The molecular weight excluding hydrogens is 332 g/mol. The normalized spacial score (nSPS) is 13.7. The first-order valence-electron chi connectivity index (χ1n) is 8.46. The molecule has 3 N–H and O–H groups in total. The molecule has 1 unspecified atom stereocenters. The number of nitro benzene ring substituents is 1. The highest BCUT2D eigenvalue weighted by Gasteiger charge is 2.23. The van der Waals surface area contributed by atoms with Gasteiger partial charge in [0.05, 0.1) is 23.6 Å². The molecule has 0 aromatic heterocycles. The third-order valence-electron chi connectivity index (χ3n) is 3.94. The fourth-order valence-electron chi connectivity index (χ4n) is 2.48. The van der Waals surface area contributed by atoms with Gasteiger partial charge in [-0.25, -0.2) is 4.99 Å². The lowest BCUT2D eigenvalue weighted by Gasteiger charge is -2.25. The number of hydrogen-bond acceptors (Lipinski definition) is 4. The first-order chi connectivity index (χ1) is 12.4. The Bertz CT molecular complexity index is 760. The molecule has 2 aromatic rings. The van der Waals surface area contributed by atoms with Gasteiger partial charge in [-0.05, 0) is 19.4 Å². The standard InChI is InChI=1S/C19H24N4O3/c1-3-20-18(21-13-15-9-7-8-12-17(15)23(25)26)22-14-19(2,24)16-10-5-4-6-11-16/h4-12,24H,3,13-14H2,1-2H3,(H2,20,21,22). The van der Waals surface area contributed by atoms with Crippen molar-refractivity contribution >= 4 is 11.6 Å². The van der Waals surface area contributed by atoms with Gasteiger partial charge in [0.2, 0.25) is 0 Å². The molecule has 138 valence electrons. The van der Waals surface area contributed by atoms with Crippen molar-refractivity contribution in [1.82, 2.24) is 10.6 Å². The number of benzene rings is 2. The molecule has 7 heteroatoms. The van der Waals surface area contributed by atoms with Crippen LogP contribution in [0.3, 0.4) is 0 Å². The van der Waals surface area contributed by atoms with Crippen LogP contribution in [0.2, 0.25) is 0 Å². The molecule has 7 nitrogen and oxygen atoms in total. The van der Waals surface area contributed by atoms with Crippen molar-refractivity contribution in [2.75, 3.05) is 13.1 Å². The number of hydrogen-bond donors (Lipinski definition) is 3. The SMILES string of the molecule is CCNC(=NCc1ccccc1[N+](=O)[O-])NCC(C)(O)c1ccccc1. The Morgan fingerprint density at radius 1 is 1.15 bits per heavy atom. The monoisotopic (exact) mass is 356 g/mol. The summed E-state index contributed by atoms with van der Waals surface area (Å²) < 4.78 is 0. The lowest BCUT2D eigenvalue weighted by molar-refractivity contribution is -0.385. The summed E-state index contributed by atoms with van der Waals surface area (Å²) in [4.78, 5) is 15.1. The van der Waals surface area contributed by atoms with E-state index in [1.54, 1.807) is 25.1 Å². The zero-order valence-electron chi connectivity index (χ0n) is 15.0. The van der Waals surface area contributed by atoms with E-state index in [1.165, 1.54) is 6.07 Å². The van der Waals surface area contributed by atoms with E-state index in [2.05, 4.69) is 15.6 Å². The summed E-state index contributed by atoms with van der Waals surface area (Å²) in [6.45, 7) is 4.70. The molecule has 2 rings (SSSR count). The summed E-state index contributed by atoms with van der Waals surface area (Å²) in [5.74, 6) is 0.488. The molecule has 0 saturated heterocycles. The predicted octanol–water partition coefficient (Wildman–Crippen LogP) is 2.56. The van der Waals surface area contributed by atoms with Crippen molar-refractivity contribution in [1.29, 1.82) is 0 Å². The first-order valence-corrected chi connectivity index (χ1v) is 8.46. The van der Waals surface area contributed by atoms with Gasteiger partial charge in [0.15, 0.2) is 5.96 Å². The highest BCUT2D eigenvalue weighted by molar-refractivity contribution is 5.79. The minimum Gasteiger partial charge on any atom is -0.384 e. The second-order valence-electron chi connectivity index (χ2n) is 6.07. The Kier molecular flexibility index (Phi) is 6.68. The summed E-state index contributed by atoms with van der Waals surface area (Å²) >= 11 is 0. The van der Waals surface area contributed by atoms with Crippen molar-refractivity contribution in [3.63, 3.8) is 0 Å². The summed E-state index contributed by atoms with van der Waals surface area (Å²) in [7, 11) is 0. The minimum atomic E-state index is -1.07. The number of aliphatic imine (C=N–C) groups is 1. The maximum Gasteiger partial charge on any atom is 0.274 e. The van der Waals surface area contributed by atoms with Gasteiger partial charge in [0, 0.05) is 12.6 Å². The molecule has 0 aliphatic heterocycles. The molecule has 1 atom stereocenters. The van der Waals surface area contributed by atoms with Crippen molar-refractivity contribution < 1.29 is 10.0 Å². The second kappa shape index (κ2) is 8.96. The van der Waals surface area contributed by atoms with E-state index in [0.717, 1.165) is 5.56 Å². The van der Waals surface area contributed by atoms with Gasteiger partial charge in [-0.2, -0.15) is 0 Å². The molecular formula is C19H24N4O3. The van der Waals surface area contributed by atoms with Crippen LogP contribution in [0, 0.1) is 10.1 Å². The number of nitrogens with zero attached hydrogens (tertiary/aromatic N) is 2. The third kappa shape index (κ3) is 5.29. The maximum atomic E-state index is 11.1. The van der Waals surface area contributed by atoms with E-state index in [9.17, 15) is 15.2 Å².